The molecule has 0 spiro atoms. The molecule has 5 aromatic rings. The van der Waals surface area contributed by atoms with Crippen LogP contribution in [-0.2, 0) is 29.2 Å². The van der Waals surface area contributed by atoms with Gasteiger partial charge in [0.15, 0.2) is 11.6 Å². The molecule has 1 unspecified atom stereocenters. The zero-order chi connectivity index (χ0) is 39.2. The normalized spacial score (nSPS) is 18.4. The zero-order valence-corrected chi connectivity index (χ0v) is 33.3. The number of nitrogens with zero attached hydrogens (tertiary/aromatic N) is 7. The van der Waals surface area contributed by atoms with Gasteiger partial charge in [-0.1, -0.05) is 35.9 Å². The molecule has 0 radical (unpaired) electrons. The van der Waals surface area contributed by atoms with E-state index in [0.29, 0.717) is 60.5 Å². The number of amides is 1. The van der Waals surface area contributed by atoms with E-state index >= 15 is 0 Å². The van der Waals surface area contributed by atoms with Crippen LogP contribution >= 0.6 is 22.9 Å². The second kappa shape index (κ2) is 15.5. The average molecular weight is 798 g/mol. The number of piperidine rings is 1. The number of ether oxygens (including phenoxy) is 1. The molecule has 4 aliphatic rings. The predicted molar refractivity (Wildman–Crippen MR) is 217 cm³/mol. The van der Waals surface area contributed by atoms with Crippen LogP contribution in [0.5, 0.6) is 5.75 Å². The van der Waals surface area contributed by atoms with E-state index in [-0.39, 0.29) is 23.9 Å². The van der Waals surface area contributed by atoms with Gasteiger partial charge in [0.1, 0.15) is 34.6 Å². The maximum absolute atomic E-state index is 13.2. The highest BCUT2D eigenvalue weighted by Gasteiger charge is 2.40. The third-order valence-electron chi connectivity index (χ3n) is 11.4. The molecule has 2 fully saturated rings. The van der Waals surface area contributed by atoms with Crippen molar-refractivity contribution in [1.82, 2.24) is 29.5 Å². The largest absolute Gasteiger partial charge is 0.493 e. The van der Waals surface area contributed by atoms with E-state index in [4.69, 9.17) is 26.3 Å². The van der Waals surface area contributed by atoms with Crippen LogP contribution in [0, 0.1) is 31.6 Å². The number of hydrogen-bond donors (Lipinski definition) is 0. The summed E-state index contributed by atoms with van der Waals surface area (Å²) in [7, 11) is 0. The van der Waals surface area contributed by atoms with Crippen molar-refractivity contribution in [3.8, 4) is 22.6 Å². The molecular weight excluding hydrogens is 758 g/mol. The number of aromatic nitrogens is 4. The molecule has 1 saturated carbocycles. The van der Waals surface area contributed by atoms with Gasteiger partial charge in [-0.3, -0.25) is 28.8 Å². The Morgan fingerprint density at radius 3 is 2.56 bits per heavy atom. The van der Waals surface area contributed by atoms with Crippen molar-refractivity contribution in [3.05, 3.63) is 121 Å². The van der Waals surface area contributed by atoms with Crippen LogP contribution in [-0.4, -0.2) is 78.5 Å². The second-order valence-corrected chi connectivity index (χ2v) is 16.6. The van der Waals surface area contributed by atoms with Crippen LogP contribution in [0.4, 0.5) is 0 Å². The standard InChI is InChI=1S/C44H40ClN7O4S/c1-26-39(57-44-41(26)42(30-7-9-31(45)10-8-30)47-22-40-49-48-27(2)52(40)44)15-12-32-11-6-29(21-46-32)23-50-18-16-28(17-19-50)25-56-38-5-3-4-34-35(38)24-51(43(34)55)36-14-13-33(53)20-37(36)54/h3-11,21,28,36H,13-14,16-20,22-25H2,1-2H3. The molecule has 1 atom stereocenters. The minimum absolute atomic E-state index is 0.0464. The Morgan fingerprint density at radius 2 is 1.79 bits per heavy atom. The number of pyridine rings is 1. The second-order valence-electron chi connectivity index (χ2n) is 15.2. The number of hydrogen-bond acceptors (Lipinski definition) is 10. The molecule has 3 aromatic heterocycles. The van der Waals surface area contributed by atoms with Crippen molar-refractivity contribution in [1.29, 1.82) is 0 Å². The fraction of sp³-hybridized carbons (Fsp3) is 0.341. The summed E-state index contributed by atoms with van der Waals surface area (Å²) in [4.78, 5) is 52.3. The molecule has 6 heterocycles. The number of carbonyl (C=O) groups is 3. The van der Waals surface area contributed by atoms with Crippen LogP contribution in [0.25, 0.3) is 5.00 Å². The first-order valence-electron chi connectivity index (χ1n) is 19.3. The number of aryl methyl sites for hydroxylation is 1. The number of halogens is 1. The Kier molecular flexibility index (Phi) is 10.1. The average Bonchev–Trinajstić information content (AvgIpc) is 3.82. The van der Waals surface area contributed by atoms with Crippen molar-refractivity contribution in [2.24, 2.45) is 10.9 Å². The highest BCUT2D eigenvalue weighted by Crippen LogP contribution is 2.37. The summed E-state index contributed by atoms with van der Waals surface area (Å²) >= 11 is 7.84. The van der Waals surface area contributed by atoms with Crippen LogP contribution in [0.15, 0.2) is 65.8 Å². The van der Waals surface area contributed by atoms with Gasteiger partial charge in [-0.05, 0) is 105 Å². The number of Topliss-reactive ketones (excluding diaryl/α,β-unsaturated/α-hetero) is 2. The van der Waals surface area contributed by atoms with Crippen LogP contribution < -0.4 is 4.74 Å². The number of likely N-dealkylation sites (tertiary alicyclic amines) is 1. The maximum Gasteiger partial charge on any atom is 0.255 e. The van der Waals surface area contributed by atoms with Gasteiger partial charge in [0.05, 0.1) is 36.2 Å². The van der Waals surface area contributed by atoms with Gasteiger partial charge in [0, 0.05) is 46.4 Å². The van der Waals surface area contributed by atoms with Crippen LogP contribution in [0.2, 0.25) is 5.02 Å². The molecule has 9 rings (SSSR count). The molecular formula is C44H40ClN7O4S. The fourth-order valence-corrected chi connectivity index (χ4v) is 9.65. The molecule has 3 aliphatic heterocycles. The third-order valence-corrected chi connectivity index (χ3v) is 12.9. The van der Waals surface area contributed by atoms with Gasteiger partial charge in [-0.25, -0.2) is 4.98 Å². The van der Waals surface area contributed by atoms with Gasteiger partial charge in [0.25, 0.3) is 5.91 Å². The Morgan fingerprint density at radius 1 is 0.965 bits per heavy atom. The highest BCUT2D eigenvalue weighted by molar-refractivity contribution is 7.15. The number of benzene rings is 2. The zero-order valence-electron chi connectivity index (χ0n) is 31.8. The summed E-state index contributed by atoms with van der Waals surface area (Å²) in [6.07, 6.45) is 4.59. The molecule has 0 bridgehead atoms. The van der Waals surface area contributed by atoms with Gasteiger partial charge >= 0.3 is 0 Å². The number of fused-ring (bicyclic) bond motifs is 4. The highest BCUT2D eigenvalue weighted by atomic mass is 35.5. The molecule has 13 heteroatoms. The monoisotopic (exact) mass is 797 g/mol. The lowest BCUT2D eigenvalue weighted by Gasteiger charge is -2.32. The molecule has 288 valence electrons. The minimum atomic E-state index is -0.536. The molecule has 1 saturated heterocycles. The van der Waals surface area contributed by atoms with E-state index in [9.17, 15) is 14.4 Å². The molecule has 11 nitrogen and oxygen atoms in total. The Balaban J connectivity index is 0.814. The first-order valence-corrected chi connectivity index (χ1v) is 20.5. The predicted octanol–water partition coefficient (Wildman–Crippen LogP) is 6.68. The van der Waals surface area contributed by atoms with E-state index < -0.39 is 6.04 Å². The van der Waals surface area contributed by atoms with E-state index in [2.05, 4.69) is 44.5 Å². The van der Waals surface area contributed by atoms with Crippen molar-refractivity contribution < 1.29 is 19.1 Å². The Bertz CT molecular complexity index is 2510. The van der Waals surface area contributed by atoms with Crippen molar-refractivity contribution in [2.75, 3.05) is 19.7 Å². The molecule has 1 aliphatic carbocycles. The van der Waals surface area contributed by atoms with Crippen LogP contribution in [0.1, 0.15) is 92.5 Å². The number of ketones is 2. The number of rotatable bonds is 7. The topological polar surface area (TPSA) is 123 Å². The van der Waals surface area contributed by atoms with E-state index in [1.54, 1.807) is 22.3 Å². The maximum atomic E-state index is 13.2. The summed E-state index contributed by atoms with van der Waals surface area (Å²) in [5.74, 6) is 9.06. The van der Waals surface area contributed by atoms with Gasteiger partial charge in [-0.2, -0.15) is 0 Å². The summed E-state index contributed by atoms with van der Waals surface area (Å²) in [6, 6.07) is 16.9. The first kappa shape index (κ1) is 37.1. The molecule has 1 amide bonds. The smallest absolute Gasteiger partial charge is 0.255 e. The quantitative estimate of drug-likeness (QED) is 0.132. The van der Waals surface area contributed by atoms with E-state index in [1.165, 1.54) is 0 Å². The molecule has 57 heavy (non-hydrogen) atoms. The molecule has 2 aromatic carbocycles. The fourth-order valence-electron chi connectivity index (χ4n) is 8.29. The van der Waals surface area contributed by atoms with Crippen molar-refractivity contribution in [3.63, 3.8) is 0 Å². The summed E-state index contributed by atoms with van der Waals surface area (Å²) in [5, 5.41) is 10.4. The SMILES string of the molecule is Cc1c(C#Cc2ccc(CN3CCC(COc4cccc5c4CN(C4CCC(=O)CC4=O)C5=O)CC3)cn2)sc2c1C(c1ccc(Cl)cc1)=NCc1nnc(C)n1-2. The van der Waals surface area contributed by atoms with Crippen molar-refractivity contribution in [2.45, 2.75) is 71.6 Å². The lowest BCUT2D eigenvalue weighted by atomic mass is 9.92. The number of thiophene rings is 1. The number of carbonyl (C=O) groups excluding carboxylic acids is 3. The van der Waals surface area contributed by atoms with Gasteiger partial charge < -0.3 is 9.64 Å². The van der Waals surface area contributed by atoms with Crippen LogP contribution in [0.3, 0.4) is 0 Å². The summed E-state index contributed by atoms with van der Waals surface area (Å²) < 4.78 is 8.44. The summed E-state index contributed by atoms with van der Waals surface area (Å²) in [5.41, 5.74) is 7.26. The first-order chi connectivity index (χ1) is 27.7. The van der Waals surface area contributed by atoms with E-state index in [1.807, 2.05) is 55.6 Å². The summed E-state index contributed by atoms with van der Waals surface area (Å²) in [6.45, 7) is 8.12. The number of aliphatic imine (C=N–C) groups is 1. The van der Waals surface area contributed by atoms with Gasteiger partial charge in [-0.15, -0.1) is 21.5 Å². The Labute approximate surface area is 339 Å². The third kappa shape index (κ3) is 7.31. The van der Waals surface area contributed by atoms with Gasteiger partial charge in [0.2, 0.25) is 0 Å². The lowest BCUT2D eigenvalue weighted by molar-refractivity contribution is -0.133. The van der Waals surface area contributed by atoms with Crippen molar-refractivity contribution >= 4 is 46.1 Å². The Hall–Kier alpha value is -5.48. The minimum Gasteiger partial charge on any atom is -0.493 e. The molecule has 0 N–H and O–H groups in total. The lowest BCUT2D eigenvalue weighted by Crippen LogP contribution is -2.44. The van der Waals surface area contributed by atoms with E-state index in [0.717, 1.165) is 87.5 Å².